The van der Waals surface area contributed by atoms with Gasteiger partial charge in [0.1, 0.15) is 0 Å². The van der Waals surface area contributed by atoms with E-state index in [2.05, 4.69) is 124 Å². The first kappa shape index (κ1) is 30.3. The summed E-state index contributed by atoms with van der Waals surface area (Å²) in [7, 11) is 0. The average molecular weight is 667 g/mol. The van der Waals surface area contributed by atoms with Crippen LogP contribution in [-0.4, -0.2) is 54.2 Å². The van der Waals surface area contributed by atoms with Crippen LogP contribution in [0.4, 0.5) is 17.1 Å². The fraction of sp³-hybridized carbons (Fsp3) is 0.267. The van der Waals surface area contributed by atoms with Crippen molar-refractivity contribution in [3.8, 4) is 34.2 Å². The van der Waals surface area contributed by atoms with Gasteiger partial charge in [-0.25, -0.2) is 15.0 Å². The number of hydrogen-bond donors (Lipinski definition) is 0. The summed E-state index contributed by atoms with van der Waals surface area (Å²) in [6.07, 6.45) is 7.57. The van der Waals surface area contributed by atoms with Crippen LogP contribution >= 0.6 is 0 Å². The number of aromatic nitrogens is 3. The van der Waals surface area contributed by atoms with Crippen LogP contribution in [0.3, 0.4) is 0 Å². The van der Waals surface area contributed by atoms with E-state index < -0.39 is 0 Å². The smallest absolute Gasteiger partial charge is 0.164 e. The Morgan fingerprint density at radius 3 is 0.863 bits per heavy atom. The molecule has 0 atom stereocenters. The molecule has 0 bridgehead atoms. The van der Waals surface area contributed by atoms with Crippen molar-refractivity contribution >= 4 is 49.4 Å². The van der Waals surface area contributed by atoms with Gasteiger partial charge >= 0.3 is 0 Å². The van der Waals surface area contributed by atoms with Crippen molar-refractivity contribution < 1.29 is 0 Å². The highest BCUT2D eigenvalue weighted by Gasteiger charge is 2.18. The Bertz CT molecular complexity index is 2140. The predicted octanol–water partition coefficient (Wildman–Crippen LogP) is 10.1. The van der Waals surface area contributed by atoms with Gasteiger partial charge in [-0.1, -0.05) is 54.6 Å². The number of anilines is 3. The maximum atomic E-state index is 5.19. The molecule has 0 unspecified atom stereocenters. The standard InChI is InChI=1S/C45H42N6/c1-2-20-49(19-1)40-16-13-31-7-10-34(25-37(31)28-40)43-46-44(35-11-8-32-14-17-41(29-38(32)26-35)50-21-3-4-22-50)48-45(47-43)36-12-9-33-15-18-42(30-39(33)27-36)51-23-5-6-24-51/h7-18,25-30H,1-6,19-24H2. The van der Waals surface area contributed by atoms with Crippen molar-refractivity contribution in [3.05, 3.63) is 109 Å². The second-order valence-electron chi connectivity index (χ2n) is 14.6. The summed E-state index contributed by atoms with van der Waals surface area (Å²) in [6, 6.07) is 40.3. The van der Waals surface area contributed by atoms with E-state index in [0.29, 0.717) is 17.5 Å². The van der Waals surface area contributed by atoms with Gasteiger partial charge in [-0.3, -0.25) is 0 Å². The van der Waals surface area contributed by atoms with Crippen LogP contribution in [0.2, 0.25) is 0 Å². The fourth-order valence-corrected chi connectivity index (χ4v) is 8.40. The van der Waals surface area contributed by atoms with Gasteiger partial charge in [-0.05, 0) is 125 Å². The lowest BCUT2D eigenvalue weighted by Gasteiger charge is -2.18. The van der Waals surface area contributed by atoms with Gasteiger partial charge < -0.3 is 14.7 Å². The number of nitrogens with zero attached hydrogens (tertiary/aromatic N) is 6. The monoisotopic (exact) mass is 666 g/mol. The van der Waals surface area contributed by atoms with E-state index in [1.54, 1.807) is 0 Å². The molecule has 6 heteroatoms. The van der Waals surface area contributed by atoms with E-state index in [-0.39, 0.29) is 0 Å². The molecule has 3 fully saturated rings. The highest BCUT2D eigenvalue weighted by molar-refractivity contribution is 5.92. The van der Waals surface area contributed by atoms with Crippen LogP contribution in [0, 0.1) is 0 Å². The second-order valence-corrected chi connectivity index (χ2v) is 14.6. The molecule has 3 aliphatic heterocycles. The number of fused-ring (bicyclic) bond motifs is 3. The van der Waals surface area contributed by atoms with Crippen LogP contribution in [-0.2, 0) is 0 Å². The number of benzene rings is 6. The van der Waals surface area contributed by atoms with Crippen LogP contribution < -0.4 is 14.7 Å². The molecule has 4 heterocycles. The number of hydrogen-bond acceptors (Lipinski definition) is 6. The van der Waals surface area contributed by atoms with E-state index in [4.69, 9.17) is 15.0 Å². The molecule has 7 aromatic rings. The minimum Gasteiger partial charge on any atom is -0.372 e. The van der Waals surface area contributed by atoms with E-state index in [9.17, 15) is 0 Å². The third-order valence-corrected chi connectivity index (χ3v) is 11.3. The molecule has 1 aromatic heterocycles. The highest BCUT2D eigenvalue weighted by Crippen LogP contribution is 2.34. The molecule has 6 nitrogen and oxygen atoms in total. The first-order chi connectivity index (χ1) is 25.2. The minimum atomic E-state index is 0.695. The maximum absolute atomic E-state index is 5.19. The zero-order chi connectivity index (χ0) is 33.7. The second kappa shape index (κ2) is 12.7. The molecule has 0 N–H and O–H groups in total. The van der Waals surface area contributed by atoms with Gasteiger partial charge in [0.25, 0.3) is 0 Å². The van der Waals surface area contributed by atoms with E-state index in [1.165, 1.54) is 87.9 Å². The molecular weight excluding hydrogens is 625 g/mol. The lowest BCUT2D eigenvalue weighted by atomic mass is 10.0. The Kier molecular flexibility index (Phi) is 7.55. The molecule has 0 amide bonds. The van der Waals surface area contributed by atoms with Gasteiger partial charge in [-0.2, -0.15) is 0 Å². The van der Waals surface area contributed by atoms with Gasteiger partial charge in [0.2, 0.25) is 0 Å². The summed E-state index contributed by atoms with van der Waals surface area (Å²) in [5.41, 5.74) is 6.88. The van der Waals surface area contributed by atoms with Crippen LogP contribution in [0.15, 0.2) is 109 Å². The van der Waals surface area contributed by atoms with Gasteiger partial charge in [0.15, 0.2) is 17.5 Å². The summed E-state index contributed by atoms with van der Waals surface area (Å²) < 4.78 is 0. The molecule has 0 saturated carbocycles. The molecule has 51 heavy (non-hydrogen) atoms. The minimum absolute atomic E-state index is 0.695. The Labute approximate surface area is 299 Å². The summed E-state index contributed by atoms with van der Waals surface area (Å²) in [6.45, 7) is 6.76. The summed E-state index contributed by atoms with van der Waals surface area (Å²) in [5, 5.41) is 7.30. The van der Waals surface area contributed by atoms with Crippen LogP contribution in [0.25, 0.3) is 66.5 Å². The van der Waals surface area contributed by atoms with Gasteiger partial charge in [-0.15, -0.1) is 0 Å². The van der Waals surface area contributed by atoms with Crippen molar-refractivity contribution in [3.63, 3.8) is 0 Å². The normalized spacial score (nSPS) is 16.4. The van der Waals surface area contributed by atoms with E-state index >= 15 is 0 Å². The molecule has 6 aromatic carbocycles. The van der Waals surface area contributed by atoms with Gasteiger partial charge in [0.05, 0.1) is 0 Å². The summed E-state index contributed by atoms with van der Waals surface area (Å²) in [4.78, 5) is 23.1. The molecule has 252 valence electrons. The van der Waals surface area contributed by atoms with Crippen molar-refractivity contribution in [2.24, 2.45) is 0 Å². The van der Waals surface area contributed by atoms with Crippen LogP contribution in [0.1, 0.15) is 38.5 Å². The number of rotatable bonds is 6. The molecule has 3 saturated heterocycles. The molecule has 10 rings (SSSR count). The lowest BCUT2D eigenvalue weighted by Crippen LogP contribution is -2.17. The third-order valence-electron chi connectivity index (χ3n) is 11.3. The van der Waals surface area contributed by atoms with Crippen molar-refractivity contribution in [2.45, 2.75) is 38.5 Å². The topological polar surface area (TPSA) is 48.4 Å². The molecule has 0 spiro atoms. The quantitative estimate of drug-likeness (QED) is 0.176. The third kappa shape index (κ3) is 5.82. The summed E-state index contributed by atoms with van der Waals surface area (Å²) in [5.74, 6) is 2.08. The fourth-order valence-electron chi connectivity index (χ4n) is 8.40. The van der Waals surface area contributed by atoms with E-state index in [1.807, 2.05) is 0 Å². The summed E-state index contributed by atoms with van der Waals surface area (Å²) >= 11 is 0. The van der Waals surface area contributed by atoms with Crippen molar-refractivity contribution in [2.75, 3.05) is 54.0 Å². The molecule has 0 radical (unpaired) electrons. The zero-order valence-corrected chi connectivity index (χ0v) is 29.1. The first-order valence-corrected chi connectivity index (χ1v) is 18.8. The average Bonchev–Trinajstić information content (AvgIpc) is 4.02. The Morgan fingerprint density at radius 1 is 0.294 bits per heavy atom. The molecule has 3 aliphatic rings. The first-order valence-electron chi connectivity index (χ1n) is 18.8. The Hall–Kier alpha value is -5.49. The van der Waals surface area contributed by atoms with Crippen molar-refractivity contribution in [1.82, 2.24) is 15.0 Å². The Morgan fingerprint density at radius 2 is 0.569 bits per heavy atom. The largest absolute Gasteiger partial charge is 0.372 e. The van der Waals surface area contributed by atoms with Crippen molar-refractivity contribution in [1.29, 1.82) is 0 Å². The van der Waals surface area contributed by atoms with Crippen LogP contribution in [0.5, 0.6) is 0 Å². The SMILES string of the molecule is c1cc2ccc(N3CCCC3)cc2cc1-c1nc(-c2ccc3ccc(N4CCCC4)cc3c2)nc(-c2ccc3ccc(N4CCCC4)cc3c2)n1. The maximum Gasteiger partial charge on any atom is 0.164 e. The lowest BCUT2D eigenvalue weighted by molar-refractivity contribution is 0.949. The predicted molar refractivity (Wildman–Crippen MR) is 213 cm³/mol. The molecule has 0 aliphatic carbocycles. The zero-order valence-electron chi connectivity index (χ0n) is 29.1. The highest BCUT2D eigenvalue weighted by atomic mass is 15.2. The van der Waals surface area contributed by atoms with Gasteiger partial charge in [0, 0.05) is 73.0 Å². The Balaban J connectivity index is 1.10. The van der Waals surface area contributed by atoms with E-state index in [0.717, 1.165) is 56.0 Å². The molecular formula is C45H42N6.